The Morgan fingerprint density at radius 2 is 1.57 bits per heavy atom. The molecule has 0 fully saturated rings. The number of hydrogen-bond donors (Lipinski definition) is 0. The Hall–Kier alpha value is -3.19. The third-order valence-corrected chi connectivity index (χ3v) is 6.74. The van der Waals surface area contributed by atoms with E-state index in [0.29, 0.717) is 0 Å². The van der Waals surface area contributed by atoms with Crippen molar-refractivity contribution >= 4 is 0 Å². The van der Waals surface area contributed by atoms with Crippen LogP contribution in [-0.2, 0) is 18.9 Å². The van der Waals surface area contributed by atoms with Gasteiger partial charge in [0.1, 0.15) is 7.05 Å². The van der Waals surface area contributed by atoms with E-state index in [1.807, 2.05) is 0 Å². The maximum absolute atomic E-state index is 2.34. The van der Waals surface area contributed by atoms with Crippen LogP contribution in [0.15, 0.2) is 85.1 Å². The molecule has 134 valence electrons. The third-order valence-electron chi connectivity index (χ3n) is 6.74. The molecule has 0 saturated carbocycles. The van der Waals surface area contributed by atoms with E-state index >= 15 is 0 Å². The van der Waals surface area contributed by atoms with Crippen LogP contribution in [0.25, 0.3) is 22.4 Å². The van der Waals surface area contributed by atoms with Crippen molar-refractivity contribution in [2.45, 2.75) is 18.8 Å². The number of fused-ring (bicyclic) bond motifs is 5. The van der Waals surface area contributed by atoms with Gasteiger partial charge in [0.15, 0.2) is 6.20 Å². The highest BCUT2D eigenvalue weighted by Crippen LogP contribution is 2.59. The first-order valence-corrected chi connectivity index (χ1v) is 9.99. The summed E-state index contributed by atoms with van der Waals surface area (Å²) in [6, 6.07) is 29.3. The molecule has 0 bridgehead atoms. The Balaban J connectivity index is 1.85. The lowest BCUT2D eigenvalue weighted by atomic mass is 9.63. The molecule has 1 unspecified atom stereocenters. The zero-order valence-electron chi connectivity index (χ0n) is 16.2. The summed E-state index contributed by atoms with van der Waals surface area (Å²) < 4.78 is 2.30. The lowest BCUT2D eigenvalue weighted by Gasteiger charge is -2.38. The molecule has 2 aliphatic carbocycles. The first-order valence-electron chi connectivity index (χ1n) is 9.99. The van der Waals surface area contributed by atoms with E-state index in [1.165, 1.54) is 50.2 Å². The highest BCUT2D eigenvalue weighted by Gasteiger charge is 2.51. The van der Waals surface area contributed by atoms with E-state index in [2.05, 4.69) is 104 Å². The highest BCUT2D eigenvalue weighted by molar-refractivity contribution is 5.92. The number of pyridine rings is 1. The van der Waals surface area contributed by atoms with E-state index in [1.54, 1.807) is 0 Å². The number of hydrogen-bond acceptors (Lipinski definition) is 0. The van der Waals surface area contributed by atoms with Gasteiger partial charge in [-0.2, -0.15) is 0 Å². The molecule has 2 aliphatic rings. The van der Waals surface area contributed by atoms with Crippen molar-refractivity contribution < 1.29 is 4.57 Å². The second kappa shape index (κ2) is 5.42. The monoisotopic (exact) mass is 360 g/mol. The van der Waals surface area contributed by atoms with Crippen LogP contribution in [-0.4, -0.2) is 0 Å². The molecule has 1 atom stereocenters. The molecule has 0 amide bonds. The number of aryl methyl sites for hydroxylation is 2. The fraction of sp³-hybridized carbons (Fsp3) is 0.148. The first-order chi connectivity index (χ1) is 13.7. The quantitative estimate of drug-likeness (QED) is 0.403. The molecule has 1 aromatic heterocycles. The molecule has 4 aromatic rings. The Bertz CT molecular complexity index is 1250. The molecule has 0 N–H and O–H groups in total. The molecule has 6 rings (SSSR count). The normalized spacial score (nSPS) is 18.4. The van der Waals surface area contributed by atoms with Gasteiger partial charge in [0, 0.05) is 11.6 Å². The van der Waals surface area contributed by atoms with Gasteiger partial charge in [-0.25, -0.2) is 4.57 Å². The van der Waals surface area contributed by atoms with Crippen molar-refractivity contribution in [3.8, 4) is 22.4 Å². The van der Waals surface area contributed by atoms with Gasteiger partial charge in [0.2, 0.25) is 5.69 Å². The van der Waals surface area contributed by atoms with Gasteiger partial charge in [-0.05, 0) is 52.8 Å². The summed E-state index contributed by atoms with van der Waals surface area (Å²) >= 11 is 0. The van der Waals surface area contributed by atoms with E-state index < -0.39 is 0 Å². The predicted octanol–water partition coefficient (Wildman–Crippen LogP) is 5.36. The van der Waals surface area contributed by atoms with Gasteiger partial charge in [-0.15, -0.1) is 0 Å². The summed E-state index contributed by atoms with van der Waals surface area (Å²) in [5, 5.41) is 0. The van der Waals surface area contributed by atoms with Crippen LogP contribution >= 0.6 is 0 Å². The molecule has 0 spiro atoms. The largest absolute Gasteiger partial charge is 0.216 e. The first kappa shape index (κ1) is 15.8. The number of rotatable bonds is 1. The van der Waals surface area contributed by atoms with E-state index in [9.17, 15) is 0 Å². The molecular weight excluding hydrogens is 338 g/mol. The average molecular weight is 360 g/mol. The third kappa shape index (κ3) is 1.79. The molecule has 0 saturated heterocycles. The highest BCUT2D eigenvalue weighted by atomic mass is 14.9. The maximum Gasteiger partial charge on any atom is 0.216 e. The minimum absolute atomic E-state index is 0.115. The number of nitrogens with zero attached hydrogens (tertiary/aromatic N) is 1. The summed E-state index contributed by atoms with van der Waals surface area (Å²) in [4.78, 5) is 0. The average Bonchev–Trinajstić information content (AvgIpc) is 3.02. The minimum atomic E-state index is -0.115. The maximum atomic E-state index is 2.34. The van der Waals surface area contributed by atoms with Gasteiger partial charge in [-0.1, -0.05) is 66.7 Å². The molecule has 0 radical (unpaired) electrons. The van der Waals surface area contributed by atoms with Gasteiger partial charge in [-0.3, -0.25) is 0 Å². The molecular formula is C27H22N+. The van der Waals surface area contributed by atoms with E-state index in [0.717, 1.165) is 6.42 Å². The van der Waals surface area contributed by atoms with Crippen LogP contribution in [0.5, 0.6) is 0 Å². The molecule has 1 nitrogen and oxygen atoms in total. The van der Waals surface area contributed by atoms with Crippen LogP contribution in [0.3, 0.4) is 0 Å². The van der Waals surface area contributed by atoms with Crippen LogP contribution in [0.1, 0.15) is 27.8 Å². The van der Waals surface area contributed by atoms with Crippen LogP contribution in [0, 0.1) is 6.92 Å². The fourth-order valence-corrected chi connectivity index (χ4v) is 5.65. The van der Waals surface area contributed by atoms with E-state index in [-0.39, 0.29) is 5.41 Å². The standard InChI is InChI=1S/C27H22N/c1-18-14-15-22-21-12-6-7-13-23(21)27(20-10-4-3-5-11-20)17-19-9-8-16-28(2)26(19)24(18)25(22)27/h3-16H,17H2,1-2H3/q+1. The lowest BCUT2D eigenvalue weighted by Crippen LogP contribution is -2.40. The number of benzene rings is 3. The molecule has 28 heavy (non-hydrogen) atoms. The fourth-order valence-electron chi connectivity index (χ4n) is 5.65. The topological polar surface area (TPSA) is 3.88 Å². The van der Waals surface area contributed by atoms with E-state index in [4.69, 9.17) is 0 Å². The van der Waals surface area contributed by atoms with Crippen molar-refractivity contribution in [3.63, 3.8) is 0 Å². The van der Waals surface area contributed by atoms with Crippen LogP contribution in [0.2, 0.25) is 0 Å². The Morgan fingerprint density at radius 1 is 0.786 bits per heavy atom. The summed E-state index contributed by atoms with van der Waals surface area (Å²) in [5.41, 5.74) is 12.6. The Kier molecular flexibility index (Phi) is 3.06. The minimum Gasteiger partial charge on any atom is -0.201 e. The number of aromatic nitrogens is 1. The zero-order chi connectivity index (χ0) is 18.9. The van der Waals surface area contributed by atoms with Gasteiger partial charge in [0.25, 0.3) is 0 Å². The molecule has 1 heterocycles. The lowest BCUT2D eigenvalue weighted by molar-refractivity contribution is -0.660. The smallest absolute Gasteiger partial charge is 0.201 e. The van der Waals surface area contributed by atoms with Crippen molar-refractivity contribution in [1.82, 2.24) is 0 Å². The van der Waals surface area contributed by atoms with Crippen molar-refractivity contribution in [3.05, 3.63) is 113 Å². The Labute approximate surface area is 165 Å². The summed E-state index contributed by atoms with van der Waals surface area (Å²) in [7, 11) is 2.18. The summed E-state index contributed by atoms with van der Waals surface area (Å²) in [6.07, 6.45) is 3.18. The second-order valence-electron chi connectivity index (χ2n) is 8.17. The van der Waals surface area contributed by atoms with Crippen LogP contribution < -0.4 is 4.57 Å². The van der Waals surface area contributed by atoms with Gasteiger partial charge < -0.3 is 0 Å². The molecule has 1 heteroatoms. The van der Waals surface area contributed by atoms with Gasteiger partial charge >= 0.3 is 0 Å². The van der Waals surface area contributed by atoms with Gasteiger partial charge in [0.05, 0.1) is 11.0 Å². The second-order valence-corrected chi connectivity index (χ2v) is 8.17. The molecule has 3 aromatic carbocycles. The van der Waals surface area contributed by atoms with Crippen molar-refractivity contribution in [2.75, 3.05) is 0 Å². The Morgan fingerprint density at radius 3 is 2.43 bits per heavy atom. The van der Waals surface area contributed by atoms with Crippen LogP contribution in [0.4, 0.5) is 0 Å². The summed E-state index contributed by atoms with van der Waals surface area (Å²) in [5.74, 6) is 0. The van der Waals surface area contributed by atoms with Crippen molar-refractivity contribution in [2.24, 2.45) is 7.05 Å². The van der Waals surface area contributed by atoms with Crippen molar-refractivity contribution in [1.29, 1.82) is 0 Å². The predicted molar refractivity (Wildman–Crippen MR) is 113 cm³/mol. The zero-order valence-corrected chi connectivity index (χ0v) is 16.2. The SMILES string of the molecule is Cc1ccc2c3c1-c1c(ccc[n+]1C)CC3(c1ccccc1)c1ccccc1-2. The molecule has 0 aliphatic heterocycles. The summed E-state index contributed by atoms with van der Waals surface area (Å²) in [6.45, 7) is 2.26.